The number of H-pyrrole nitrogens is 1. The average Bonchev–Trinajstić information content (AvgIpc) is 2.53. The van der Waals surface area contributed by atoms with E-state index >= 15 is 0 Å². The van der Waals surface area contributed by atoms with E-state index in [2.05, 4.69) is 15.0 Å². The molecule has 0 radical (unpaired) electrons. The summed E-state index contributed by atoms with van der Waals surface area (Å²) < 4.78 is 25.6. The van der Waals surface area contributed by atoms with E-state index in [0.717, 1.165) is 0 Å². The van der Waals surface area contributed by atoms with E-state index in [0.29, 0.717) is 11.3 Å². The normalized spacial score (nSPS) is 11.4. The number of amides is 2. The van der Waals surface area contributed by atoms with Crippen LogP contribution in [0.2, 0.25) is 0 Å². The quantitative estimate of drug-likeness (QED) is 0.498. The molecular weight excluding hydrogens is 268 g/mol. The minimum absolute atomic E-state index is 0.00317. The Hall–Kier alpha value is -1.39. The van der Waals surface area contributed by atoms with Crippen molar-refractivity contribution in [3.05, 3.63) is 15.4 Å². The molecule has 10 heteroatoms. The number of rotatable bonds is 5. The van der Waals surface area contributed by atoms with Crippen LogP contribution in [0.4, 0.5) is 4.79 Å². The molecule has 0 aliphatic carbocycles. The Morgan fingerprint density at radius 1 is 1.47 bits per heavy atom. The van der Waals surface area contributed by atoms with E-state index < -0.39 is 20.9 Å². The highest BCUT2D eigenvalue weighted by Crippen LogP contribution is 2.14. The maximum atomic E-state index is 11.7. The summed E-state index contributed by atoms with van der Waals surface area (Å²) in [5.74, 6) is 0. The van der Waals surface area contributed by atoms with Crippen molar-refractivity contribution in [3.8, 4) is 0 Å². The number of hydrogen-bond donors (Lipinski definition) is 4. The van der Waals surface area contributed by atoms with Crippen LogP contribution in [0.1, 0.15) is 5.69 Å². The van der Waals surface area contributed by atoms with Crippen LogP contribution < -0.4 is 20.6 Å². The molecule has 96 valence electrons. The van der Waals surface area contributed by atoms with Crippen molar-refractivity contribution in [3.63, 3.8) is 0 Å². The third kappa shape index (κ3) is 3.84. The lowest BCUT2D eigenvalue weighted by Crippen LogP contribution is -2.37. The second-order valence-electron chi connectivity index (χ2n) is 3.12. The van der Waals surface area contributed by atoms with Crippen molar-refractivity contribution in [2.75, 3.05) is 13.1 Å². The third-order valence-corrected chi connectivity index (χ3v) is 4.81. The van der Waals surface area contributed by atoms with Gasteiger partial charge in [-0.3, -0.25) is 4.79 Å². The Kier molecular flexibility index (Phi) is 4.26. The van der Waals surface area contributed by atoms with Gasteiger partial charge in [-0.2, -0.15) is 0 Å². The highest BCUT2D eigenvalue weighted by Gasteiger charge is 2.19. The third-order valence-electron chi connectivity index (χ3n) is 1.74. The molecule has 0 saturated heterocycles. The van der Waals surface area contributed by atoms with Gasteiger partial charge in [0, 0.05) is 18.8 Å². The van der Waals surface area contributed by atoms with Crippen LogP contribution in [0.5, 0.6) is 0 Å². The molecule has 0 atom stereocenters. The number of aryl methyl sites for hydroxylation is 1. The van der Waals surface area contributed by atoms with Crippen LogP contribution in [-0.4, -0.2) is 32.5 Å². The van der Waals surface area contributed by atoms with Crippen molar-refractivity contribution < 1.29 is 13.2 Å². The van der Waals surface area contributed by atoms with E-state index in [1.165, 1.54) is 6.92 Å². The van der Waals surface area contributed by atoms with Gasteiger partial charge in [-0.1, -0.05) is 11.3 Å². The molecule has 0 saturated carbocycles. The smallest absolute Gasteiger partial charge is 0.312 e. The molecule has 0 aromatic carbocycles. The highest BCUT2D eigenvalue weighted by atomic mass is 32.2. The molecule has 0 aliphatic rings. The highest BCUT2D eigenvalue weighted by molar-refractivity contribution is 7.91. The molecule has 0 spiro atoms. The van der Waals surface area contributed by atoms with Gasteiger partial charge in [-0.15, -0.1) is 0 Å². The molecule has 1 aromatic heterocycles. The number of carbonyl (C=O) groups is 1. The standard InChI is InChI=1S/C7H12N4O4S2/c1-4-5(16-7(13)11-4)17(14,15)10-3-2-9-6(8)12/h10H,2-3H2,1H3,(H,11,13)(H3,8,9,12). The summed E-state index contributed by atoms with van der Waals surface area (Å²) >= 11 is 0.612. The van der Waals surface area contributed by atoms with Gasteiger partial charge in [0.1, 0.15) is 0 Å². The number of nitrogens with one attached hydrogen (secondary N) is 3. The summed E-state index contributed by atoms with van der Waals surface area (Å²) in [6.07, 6.45) is 0. The second-order valence-corrected chi connectivity index (χ2v) is 6.06. The van der Waals surface area contributed by atoms with Gasteiger partial charge in [0.05, 0.1) is 0 Å². The summed E-state index contributed by atoms with van der Waals surface area (Å²) in [6, 6.07) is -0.730. The second kappa shape index (κ2) is 5.29. The first kappa shape index (κ1) is 13.7. The Morgan fingerprint density at radius 3 is 2.59 bits per heavy atom. The minimum Gasteiger partial charge on any atom is -0.352 e. The first-order valence-corrected chi connectivity index (χ1v) is 6.85. The molecule has 0 unspecified atom stereocenters. The lowest BCUT2D eigenvalue weighted by atomic mass is 10.6. The zero-order valence-corrected chi connectivity index (χ0v) is 10.6. The number of carbonyl (C=O) groups excluding carboxylic acids is 1. The molecule has 1 heterocycles. The molecule has 17 heavy (non-hydrogen) atoms. The number of sulfonamides is 1. The molecular formula is C7H12N4O4S2. The monoisotopic (exact) mass is 280 g/mol. The van der Waals surface area contributed by atoms with Crippen molar-refractivity contribution in [1.29, 1.82) is 0 Å². The van der Waals surface area contributed by atoms with Crippen LogP contribution in [0.25, 0.3) is 0 Å². The number of primary amides is 1. The zero-order chi connectivity index (χ0) is 13.1. The maximum Gasteiger partial charge on any atom is 0.312 e. The molecule has 0 fully saturated rings. The summed E-state index contributed by atoms with van der Waals surface area (Å²) in [4.78, 5) is 23.3. The van der Waals surface area contributed by atoms with Crippen molar-refractivity contribution in [2.45, 2.75) is 11.1 Å². The van der Waals surface area contributed by atoms with Crippen LogP contribution in [0.3, 0.4) is 0 Å². The first-order chi connectivity index (χ1) is 7.83. The largest absolute Gasteiger partial charge is 0.352 e. The van der Waals surface area contributed by atoms with Crippen molar-refractivity contribution >= 4 is 27.4 Å². The Bertz CT molecular complexity index is 559. The van der Waals surface area contributed by atoms with Gasteiger partial charge < -0.3 is 16.0 Å². The number of urea groups is 1. The van der Waals surface area contributed by atoms with Crippen molar-refractivity contribution in [1.82, 2.24) is 15.0 Å². The van der Waals surface area contributed by atoms with E-state index in [-0.39, 0.29) is 23.0 Å². The molecule has 1 aromatic rings. The molecule has 5 N–H and O–H groups in total. The summed E-state index contributed by atoms with van der Waals surface area (Å²) in [7, 11) is -3.72. The lowest BCUT2D eigenvalue weighted by molar-refractivity contribution is 0.249. The molecule has 8 nitrogen and oxygen atoms in total. The maximum absolute atomic E-state index is 11.7. The number of thiazole rings is 1. The van der Waals surface area contributed by atoms with Gasteiger partial charge in [-0.25, -0.2) is 17.9 Å². The Morgan fingerprint density at radius 2 is 2.12 bits per heavy atom. The zero-order valence-electron chi connectivity index (χ0n) is 8.94. The summed E-state index contributed by atoms with van der Waals surface area (Å²) in [5.41, 5.74) is 5.10. The fraction of sp³-hybridized carbons (Fsp3) is 0.429. The van der Waals surface area contributed by atoms with Crippen LogP contribution >= 0.6 is 11.3 Å². The summed E-state index contributed by atoms with van der Waals surface area (Å²) in [6.45, 7) is 1.57. The summed E-state index contributed by atoms with van der Waals surface area (Å²) in [5, 5.41) is 2.24. The fourth-order valence-electron chi connectivity index (χ4n) is 1.08. The van der Waals surface area contributed by atoms with Crippen LogP contribution in [-0.2, 0) is 10.0 Å². The predicted octanol–water partition coefficient (Wildman–Crippen LogP) is -1.31. The Balaban J connectivity index is 2.67. The van der Waals surface area contributed by atoms with Gasteiger partial charge >= 0.3 is 10.9 Å². The minimum atomic E-state index is -3.72. The van der Waals surface area contributed by atoms with Gasteiger partial charge in [0.15, 0.2) is 4.21 Å². The lowest BCUT2D eigenvalue weighted by Gasteiger charge is -2.05. The van der Waals surface area contributed by atoms with Crippen LogP contribution in [0.15, 0.2) is 9.00 Å². The molecule has 1 rings (SSSR count). The van der Waals surface area contributed by atoms with Gasteiger partial charge in [-0.05, 0) is 6.92 Å². The first-order valence-electron chi connectivity index (χ1n) is 4.55. The van der Waals surface area contributed by atoms with E-state index in [1.54, 1.807) is 0 Å². The van der Waals surface area contributed by atoms with Crippen LogP contribution in [0, 0.1) is 6.92 Å². The fourth-order valence-corrected chi connectivity index (χ4v) is 3.46. The average molecular weight is 280 g/mol. The topological polar surface area (TPSA) is 134 Å². The van der Waals surface area contributed by atoms with E-state index in [9.17, 15) is 18.0 Å². The van der Waals surface area contributed by atoms with Gasteiger partial charge in [0.25, 0.3) is 10.0 Å². The number of hydrogen-bond acceptors (Lipinski definition) is 5. The number of aromatic amines is 1. The Labute approximate surface area is 101 Å². The molecule has 2 amide bonds. The molecule has 0 aliphatic heterocycles. The number of nitrogens with two attached hydrogens (primary N) is 1. The van der Waals surface area contributed by atoms with Gasteiger partial charge in [0.2, 0.25) is 0 Å². The number of aromatic nitrogens is 1. The SMILES string of the molecule is Cc1[nH]c(=O)sc1S(=O)(=O)NCCNC(N)=O. The van der Waals surface area contributed by atoms with E-state index in [4.69, 9.17) is 5.73 Å². The molecule has 0 bridgehead atoms. The van der Waals surface area contributed by atoms with E-state index in [1.807, 2.05) is 0 Å². The predicted molar refractivity (Wildman–Crippen MR) is 62.5 cm³/mol. The van der Waals surface area contributed by atoms with Crippen molar-refractivity contribution in [2.24, 2.45) is 5.73 Å².